The molecule has 2 aliphatic rings. The van der Waals surface area contributed by atoms with Crippen LogP contribution >= 0.6 is 0 Å². The van der Waals surface area contributed by atoms with Crippen molar-refractivity contribution < 1.29 is 9.59 Å². The minimum absolute atomic E-state index is 0.0811. The van der Waals surface area contributed by atoms with Crippen molar-refractivity contribution in [3.05, 3.63) is 23.8 Å². The second-order valence-corrected chi connectivity index (χ2v) is 6.76. The number of amides is 3. The van der Waals surface area contributed by atoms with Crippen LogP contribution in [-0.2, 0) is 0 Å². The zero-order valence-corrected chi connectivity index (χ0v) is 15.0. The Kier molecular flexibility index (Phi) is 5.79. The first kappa shape index (κ1) is 17.6. The molecule has 136 valence electrons. The molecule has 0 aromatic heterocycles. The van der Waals surface area contributed by atoms with Gasteiger partial charge in [-0.25, -0.2) is 4.79 Å². The van der Waals surface area contributed by atoms with Crippen LogP contribution in [0.15, 0.2) is 18.2 Å². The van der Waals surface area contributed by atoms with Gasteiger partial charge in [-0.1, -0.05) is 0 Å². The SMILES string of the molecule is CCNC(=O)Nc1ccc(N2CCCCC2)c(C(=O)N2CCCC2)c1. The lowest BCUT2D eigenvalue weighted by Gasteiger charge is -2.31. The Balaban J connectivity index is 1.87. The molecule has 0 radical (unpaired) electrons. The molecule has 25 heavy (non-hydrogen) atoms. The first-order valence-corrected chi connectivity index (χ1v) is 9.42. The van der Waals surface area contributed by atoms with Crippen molar-refractivity contribution in [1.29, 1.82) is 0 Å². The van der Waals surface area contributed by atoms with Crippen LogP contribution in [0, 0.1) is 0 Å². The van der Waals surface area contributed by atoms with E-state index in [1.165, 1.54) is 6.42 Å². The first-order valence-electron chi connectivity index (χ1n) is 9.42. The molecular weight excluding hydrogens is 316 g/mol. The highest BCUT2D eigenvalue weighted by atomic mass is 16.2. The summed E-state index contributed by atoms with van der Waals surface area (Å²) in [6.45, 7) is 6.07. The van der Waals surface area contributed by atoms with Crippen LogP contribution in [0.3, 0.4) is 0 Å². The summed E-state index contributed by atoms with van der Waals surface area (Å²) < 4.78 is 0. The molecule has 6 nitrogen and oxygen atoms in total. The van der Waals surface area contributed by atoms with Crippen LogP contribution in [0.4, 0.5) is 16.2 Å². The Morgan fingerprint density at radius 1 is 1.00 bits per heavy atom. The number of carbonyl (C=O) groups excluding carboxylic acids is 2. The second-order valence-electron chi connectivity index (χ2n) is 6.76. The molecule has 1 aromatic carbocycles. The molecule has 3 amide bonds. The molecule has 0 saturated carbocycles. The summed E-state index contributed by atoms with van der Waals surface area (Å²) in [7, 11) is 0. The minimum Gasteiger partial charge on any atom is -0.371 e. The molecule has 2 N–H and O–H groups in total. The molecule has 0 atom stereocenters. The van der Waals surface area contributed by atoms with Gasteiger partial charge in [0.1, 0.15) is 0 Å². The van der Waals surface area contributed by atoms with Crippen molar-refractivity contribution in [2.45, 2.75) is 39.0 Å². The molecule has 6 heteroatoms. The lowest BCUT2D eigenvalue weighted by Crippen LogP contribution is -2.34. The average molecular weight is 344 g/mol. The monoisotopic (exact) mass is 344 g/mol. The Hall–Kier alpha value is -2.24. The molecule has 0 bridgehead atoms. The number of hydrogen-bond donors (Lipinski definition) is 2. The van der Waals surface area contributed by atoms with Crippen LogP contribution in [-0.4, -0.2) is 49.6 Å². The van der Waals surface area contributed by atoms with Crippen molar-refractivity contribution in [2.24, 2.45) is 0 Å². The van der Waals surface area contributed by atoms with E-state index in [4.69, 9.17) is 0 Å². The third-order valence-corrected chi connectivity index (χ3v) is 4.91. The Morgan fingerprint density at radius 2 is 1.68 bits per heavy atom. The summed E-state index contributed by atoms with van der Waals surface area (Å²) in [4.78, 5) is 29.1. The maximum Gasteiger partial charge on any atom is 0.319 e. The Morgan fingerprint density at radius 3 is 2.36 bits per heavy atom. The number of anilines is 2. The van der Waals surface area contributed by atoms with Gasteiger partial charge in [0.15, 0.2) is 0 Å². The number of piperidine rings is 1. The van der Waals surface area contributed by atoms with Crippen molar-refractivity contribution in [2.75, 3.05) is 42.9 Å². The van der Waals surface area contributed by atoms with E-state index in [0.29, 0.717) is 17.8 Å². The highest BCUT2D eigenvalue weighted by Crippen LogP contribution is 2.29. The van der Waals surface area contributed by atoms with E-state index >= 15 is 0 Å². The van der Waals surface area contributed by atoms with Crippen molar-refractivity contribution in [3.8, 4) is 0 Å². The molecule has 3 rings (SSSR count). The van der Waals surface area contributed by atoms with Gasteiger partial charge in [0.25, 0.3) is 5.91 Å². The number of nitrogens with zero attached hydrogens (tertiary/aromatic N) is 2. The normalized spacial score (nSPS) is 17.5. The average Bonchev–Trinajstić information content (AvgIpc) is 3.16. The van der Waals surface area contributed by atoms with Gasteiger partial charge in [-0.05, 0) is 57.2 Å². The van der Waals surface area contributed by atoms with E-state index in [1.54, 1.807) is 0 Å². The number of hydrogen-bond acceptors (Lipinski definition) is 3. The van der Waals surface area contributed by atoms with Gasteiger partial charge in [0, 0.05) is 44.1 Å². The lowest BCUT2D eigenvalue weighted by atomic mass is 10.1. The fourth-order valence-corrected chi connectivity index (χ4v) is 3.62. The number of carbonyl (C=O) groups is 2. The molecule has 2 heterocycles. The predicted molar refractivity (Wildman–Crippen MR) is 100 cm³/mol. The Labute approximate surface area is 149 Å². The van der Waals surface area contributed by atoms with E-state index in [0.717, 1.165) is 57.5 Å². The van der Waals surface area contributed by atoms with Crippen LogP contribution in [0.25, 0.3) is 0 Å². The fraction of sp³-hybridized carbons (Fsp3) is 0.579. The van der Waals surface area contributed by atoms with E-state index in [-0.39, 0.29) is 11.9 Å². The van der Waals surface area contributed by atoms with Crippen molar-refractivity contribution in [1.82, 2.24) is 10.2 Å². The Bertz CT molecular complexity index is 620. The standard InChI is InChI=1S/C19H28N4O2/c1-2-20-19(25)21-15-8-9-17(22-10-4-3-5-11-22)16(14-15)18(24)23-12-6-7-13-23/h8-9,14H,2-7,10-13H2,1H3,(H2,20,21,25). The van der Waals surface area contributed by atoms with E-state index < -0.39 is 0 Å². The zero-order valence-electron chi connectivity index (χ0n) is 15.0. The summed E-state index contributed by atoms with van der Waals surface area (Å²) >= 11 is 0. The second kappa shape index (κ2) is 8.23. The highest BCUT2D eigenvalue weighted by Gasteiger charge is 2.25. The maximum absolute atomic E-state index is 13.0. The molecule has 0 unspecified atom stereocenters. The highest BCUT2D eigenvalue weighted by molar-refractivity contribution is 6.02. The number of rotatable bonds is 4. The topological polar surface area (TPSA) is 64.7 Å². The van der Waals surface area contributed by atoms with Gasteiger partial charge in [-0.3, -0.25) is 4.79 Å². The number of benzene rings is 1. The summed E-state index contributed by atoms with van der Waals surface area (Å²) in [5, 5.41) is 5.54. The van der Waals surface area contributed by atoms with Crippen LogP contribution in [0.2, 0.25) is 0 Å². The van der Waals surface area contributed by atoms with Gasteiger partial charge < -0.3 is 20.4 Å². The number of urea groups is 1. The summed E-state index contributed by atoms with van der Waals surface area (Å²) in [5.74, 6) is 0.0811. The molecule has 1 aromatic rings. The third kappa shape index (κ3) is 4.24. The summed E-state index contributed by atoms with van der Waals surface area (Å²) in [6.07, 6.45) is 5.72. The van der Waals surface area contributed by atoms with Crippen LogP contribution in [0.1, 0.15) is 49.4 Å². The largest absolute Gasteiger partial charge is 0.371 e. The van der Waals surface area contributed by atoms with Gasteiger partial charge in [0.05, 0.1) is 5.56 Å². The van der Waals surface area contributed by atoms with E-state index in [9.17, 15) is 9.59 Å². The molecule has 2 aliphatic heterocycles. The number of nitrogens with one attached hydrogen (secondary N) is 2. The van der Waals surface area contributed by atoms with E-state index in [1.807, 2.05) is 30.0 Å². The fourth-order valence-electron chi connectivity index (χ4n) is 3.62. The van der Waals surface area contributed by atoms with Crippen molar-refractivity contribution >= 4 is 23.3 Å². The maximum atomic E-state index is 13.0. The van der Waals surface area contributed by atoms with Gasteiger partial charge in [0.2, 0.25) is 0 Å². The predicted octanol–water partition coefficient (Wildman–Crippen LogP) is 3.05. The van der Waals surface area contributed by atoms with Gasteiger partial charge in [-0.15, -0.1) is 0 Å². The summed E-state index contributed by atoms with van der Waals surface area (Å²) in [5.41, 5.74) is 2.37. The van der Waals surface area contributed by atoms with Gasteiger partial charge in [-0.2, -0.15) is 0 Å². The summed E-state index contributed by atoms with van der Waals surface area (Å²) in [6, 6.07) is 5.46. The molecular formula is C19H28N4O2. The van der Waals surface area contributed by atoms with E-state index in [2.05, 4.69) is 15.5 Å². The van der Waals surface area contributed by atoms with Gasteiger partial charge >= 0.3 is 6.03 Å². The lowest BCUT2D eigenvalue weighted by molar-refractivity contribution is 0.0793. The van der Waals surface area contributed by atoms with Crippen molar-refractivity contribution in [3.63, 3.8) is 0 Å². The van der Waals surface area contributed by atoms with Crippen LogP contribution < -0.4 is 15.5 Å². The smallest absolute Gasteiger partial charge is 0.319 e. The molecule has 0 spiro atoms. The molecule has 2 fully saturated rings. The molecule has 0 aliphatic carbocycles. The number of likely N-dealkylation sites (tertiary alicyclic amines) is 1. The minimum atomic E-state index is -0.243. The zero-order chi connectivity index (χ0) is 17.6. The van der Waals surface area contributed by atoms with Crippen LogP contribution in [0.5, 0.6) is 0 Å². The third-order valence-electron chi connectivity index (χ3n) is 4.91. The first-order chi connectivity index (χ1) is 12.2. The quantitative estimate of drug-likeness (QED) is 0.882. The molecule has 2 saturated heterocycles.